The Labute approximate surface area is 411 Å². The second-order valence-electron chi connectivity index (χ2n) is 20.3. The van der Waals surface area contributed by atoms with Crippen molar-refractivity contribution in [2.75, 3.05) is 13.2 Å². The van der Waals surface area contributed by atoms with Gasteiger partial charge in [0.05, 0.1) is 25.4 Å². The molecule has 0 aliphatic carbocycles. The third-order valence-corrected chi connectivity index (χ3v) is 13.7. The minimum atomic E-state index is -0.853. The van der Waals surface area contributed by atoms with Crippen LogP contribution in [0.4, 0.5) is 0 Å². The van der Waals surface area contributed by atoms with Crippen molar-refractivity contribution in [1.82, 2.24) is 5.32 Å². The highest BCUT2D eigenvalue weighted by molar-refractivity contribution is 5.76. The molecule has 2 atom stereocenters. The van der Waals surface area contributed by atoms with Crippen molar-refractivity contribution >= 4 is 11.9 Å². The van der Waals surface area contributed by atoms with Crippen molar-refractivity contribution in [2.45, 2.75) is 334 Å². The molecule has 66 heavy (non-hydrogen) atoms. The Balaban J connectivity index is 3.48. The first kappa shape index (κ1) is 64.3. The SMILES string of the molecule is CCCC/C=C\CCCCCCCC(=O)OCCCCCCCCCCCCCCCCC(=O)NC(CO)C(O)/C=C/CCCCCCCCCCCCCCCCCCCCCCCC. The predicted octanol–water partition coefficient (Wildman–Crippen LogP) is 18.2. The molecular formula is C60H115NO5. The maximum atomic E-state index is 12.5. The molecule has 0 spiro atoms. The third-order valence-electron chi connectivity index (χ3n) is 13.7. The molecule has 0 saturated heterocycles. The highest BCUT2D eigenvalue weighted by Gasteiger charge is 2.18. The molecule has 0 aromatic heterocycles. The lowest BCUT2D eigenvalue weighted by atomic mass is 10.0. The number of carbonyl (C=O) groups excluding carboxylic acids is 2. The van der Waals surface area contributed by atoms with Gasteiger partial charge in [-0.1, -0.05) is 282 Å². The van der Waals surface area contributed by atoms with Gasteiger partial charge in [-0.05, 0) is 51.4 Å². The molecule has 3 N–H and O–H groups in total. The van der Waals surface area contributed by atoms with E-state index < -0.39 is 12.1 Å². The molecule has 0 aromatic carbocycles. The highest BCUT2D eigenvalue weighted by Crippen LogP contribution is 2.17. The van der Waals surface area contributed by atoms with Gasteiger partial charge in [0.25, 0.3) is 0 Å². The summed E-state index contributed by atoms with van der Waals surface area (Å²) >= 11 is 0. The Hall–Kier alpha value is -1.66. The van der Waals surface area contributed by atoms with Crippen molar-refractivity contribution in [3.05, 3.63) is 24.3 Å². The van der Waals surface area contributed by atoms with Crippen LogP contribution >= 0.6 is 0 Å². The molecule has 0 aliphatic rings. The number of nitrogens with one attached hydrogen (secondary N) is 1. The predicted molar refractivity (Wildman–Crippen MR) is 287 cm³/mol. The largest absolute Gasteiger partial charge is 0.466 e. The van der Waals surface area contributed by atoms with Gasteiger partial charge in [-0.15, -0.1) is 0 Å². The number of aliphatic hydroxyl groups is 2. The number of unbranched alkanes of at least 4 members (excludes halogenated alkanes) is 42. The summed E-state index contributed by atoms with van der Waals surface area (Å²) in [6.45, 7) is 4.86. The molecule has 0 aromatic rings. The number of rotatable bonds is 55. The van der Waals surface area contributed by atoms with Gasteiger partial charge in [0, 0.05) is 12.8 Å². The van der Waals surface area contributed by atoms with E-state index in [4.69, 9.17) is 4.74 Å². The second-order valence-corrected chi connectivity index (χ2v) is 20.3. The van der Waals surface area contributed by atoms with E-state index in [2.05, 4.69) is 31.3 Å². The van der Waals surface area contributed by atoms with Crippen LogP contribution in [0.15, 0.2) is 24.3 Å². The second kappa shape index (κ2) is 55.9. The van der Waals surface area contributed by atoms with E-state index in [-0.39, 0.29) is 18.5 Å². The molecular weight excluding hydrogens is 815 g/mol. The highest BCUT2D eigenvalue weighted by atomic mass is 16.5. The monoisotopic (exact) mass is 930 g/mol. The number of hydrogen-bond donors (Lipinski definition) is 3. The fourth-order valence-corrected chi connectivity index (χ4v) is 9.15. The molecule has 0 fully saturated rings. The van der Waals surface area contributed by atoms with Gasteiger partial charge in [0.15, 0.2) is 0 Å². The summed E-state index contributed by atoms with van der Waals surface area (Å²) in [5, 5.41) is 23.2. The zero-order chi connectivity index (χ0) is 47.9. The van der Waals surface area contributed by atoms with E-state index in [1.54, 1.807) is 6.08 Å². The van der Waals surface area contributed by atoms with Gasteiger partial charge < -0.3 is 20.3 Å². The zero-order valence-electron chi connectivity index (χ0n) is 44.4. The molecule has 1 amide bonds. The number of esters is 1. The summed E-state index contributed by atoms with van der Waals surface area (Å²) in [5.74, 6) is -0.0898. The van der Waals surface area contributed by atoms with Crippen LogP contribution in [0.25, 0.3) is 0 Å². The lowest BCUT2D eigenvalue weighted by molar-refractivity contribution is -0.143. The van der Waals surface area contributed by atoms with Gasteiger partial charge in [-0.25, -0.2) is 0 Å². The normalized spacial score (nSPS) is 12.7. The molecule has 0 saturated carbocycles. The number of amides is 1. The van der Waals surface area contributed by atoms with E-state index in [0.717, 1.165) is 57.8 Å². The van der Waals surface area contributed by atoms with Crippen molar-refractivity contribution in [3.63, 3.8) is 0 Å². The molecule has 0 heterocycles. The van der Waals surface area contributed by atoms with E-state index in [1.165, 1.54) is 238 Å². The standard InChI is InChI=1S/C60H115NO5/c1-3-5-7-9-11-13-15-16-17-18-19-20-21-22-23-24-25-26-29-33-36-40-44-48-52-58(63)57(56-62)61-59(64)53-49-45-41-37-34-30-27-28-31-35-39-43-47-51-55-66-60(65)54-50-46-42-38-32-14-12-10-8-6-4-2/h10,12,48,52,57-58,62-63H,3-9,11,13-47,49-51,53-56H2,1-2H3,(H,61,64)/b12-10-,52-48+. The molecule has 2 unspecified atom stereocenters. The van der Waals surface area contributed by atoms with E-state index in [0.29, 0.717) is 19.4 Å². The summed E-state index contributed by atoms with van der Waals surface area (Å²) < 4.78 is 5.45. The number of ether oxygens (including phenoxy) is 1. The molecule has 0 radical (unpaired) electrons. The number of allylic oxidation sites excluding steroid dienone is 3. The minimum Gasteiger partial charge on any atom is -0.466 e. The summed E-state index contributed by atoms with van der Waals surface area (Å²) in [4.78, 5) is 24.5. The minimum absolute atomic E-state index is 0.0140. The average Bonchev–Trinajstić information content (AvgIpc) is 3.32. The smallest absolute Gasteiger partial charge is 0.305 e. The van der Waals surface area contributed by atoms with Gasteiger partial charge in [0.1, 0.15) is 0 Å². The summed E-state index contributed by atoms with van der Waals surface area (Å²) in [7, 11) is 0. The summed E-state index contributed by atoms with van der Waals surface area (Å²) in [6, 6.07) is -0.637. The average molecular weight is 931 g/mol. The molecule has 0 rings (SSSR count). The van der Waals surface area contributed by atoms with Gasteiger partial charge in [-0.3, -0.25) is 9.59 Å². The van der Waals surface area contributed by atoms with Crippen LogP contribution in [0.3, 0.4) is 0 Å². The fraction of sp³-hybridized carbons (Fsp3) is 0.900. The first-order chi connectivity index (χ1) is 32.5. The van der Waals surface area contributed by atoms with Crippen molar-refractivity contribution < 1.29 is 24.5 Å². The molecule has 6 nitrogen and oxygen atoms in total. The van der Waals surface area contributed by atoms with Crippen LogP contribution in [0.2, 0.25) is 0 Å². The first-order valence-electron chi connectivity index (χ1n) is 29.6. The molecule has 0 bridgehead atoms. The lowest BCUT2D eigenvalue weighted by Gasteiger charge is -2.20. The van der Waals surface area contributed by atoms with E-state index >= 15 is 0 Å². The number of hydrogen-bond acceptors (Lipinski definition) is 5. The Morgan fingerprint density at radius 3 is 1.12 bits per heavy atom. The van der Waals surface area contributed by atoms with Crippen molar-refractivity contribution in [3.8, 4) is 0 Å². The first-order valence-corrected chi connectivity index (χ1v) is 29.6. The van der Waals surface area contributed by atoms with Crippen LogP contribution in [-0.2, 0) is 14.3 Å². The Bertz CT molecular complexity index is 1030. The maximum Gasteiger partial charge on any atom is 0.305 e. The Kier molecular flexibility index (Phi) is 54.5. The molecule has 0 aliphatic heterocycles. The molecule has 6 heteroatoms. The quantitative estimate of drug-likeness (QED) is 0.0321. The van der Waals surface area contributed by atoms with E-state index in [1.807, 2.05) is 6.08 Å². The zero-order valence-corrected chi connectivity index (χ0v) is 44.4. The third kappa shape index (κ3) is 51.7. The van der Waals surface area contributed by atoms with Crippen molar-refractivity contribution in [2.24, 2.45) is 0 Å². The Morgan fingerprint density at radius 1 is 0.409 bits per heavy atom. The Morgan fingerprint density at radius 2 is 0.727 bits per heavy atom. The van der Waals surface area contributed by atoms with Crippen LogP contribution in [0.1, 0.15) is 322 Å². The maximum absolute atomic E-state index is 12.5. The number of aliphatic hydroxyl groups excluding tert-OH is 2. The van der Waals surface area contributed by atoms with Crippen LogP contribution in [-0.4, -0.2) is 47.4 Å². The van der Waals surface area contributed by atoms with E-state index in [9.17, 15) is 19.8 Å². The van der Waals surface area contributed by atoms with Gasteiger partial charge in [0.2, 0.25) is 5.91 Å². The van der Waals surface area contributed by atoms with Gasteiger partial charge in [-0.2, -0.15) is 0 Å². The van der Waals surface area contributed by atoms with Crippen LogP contribution in [0.5, 0.6) is 0 Å². The lowest BCUT2D eigenvalue weighted by Crippen LogP contribution is -2.45. The van der Waals surface area contributed by atoms with Crippen LogP contribution < -0.4 is 5.32 Å². The summed E-state index contributed by atoms with van der Waals surface area (Å²) in [6.07, 6.45) is 67.7. The van der Waals surface area contributed by atoms with Crippen molar-refractivity contribution in [1.29, 1.82) is 0 Å². The summed E-state index contributed by atoms with van der Waals surface area (Å²) in [5.41, 5.74) is 0. The van der Waals surface area contributed by atoms with Gasteiger partial charge >= 0.3 is 5.97 Å². The number of carbonyl (C=O) groups is 2. The topological polar surface area (TPSA) is 95.9 Å². The van der Waals surface area contributed by atoms with Crippen LogP contribution in [0, 0.1) is 0 Å². The fourth-order valence-electron chi connectivity index (χ4n) is 9.15. The molecule has 390 valence electrons.